The number of aromatic nitrogens is 1. The number of allylic oxidation sites excluding steroid dienone is 1. The molecule has 1 unspecified atom stereocenters. The Kier molecular flexibility index (Phi) is 3.62. The van der Waals surface area contributed by atoms with Crippen molar-refractivity contribution in [1.82, 2.24) is 15.2 Å². The summed E-state index contributed by atoms with van der Waals surface area (Å²) in [6.07, 6.45) is 6.41. The van der Waals surface area contributed by atoms with E-state index in [1.807, 2.05) is 6.08 Å². The van der Waals surface area contributed by atoms with Crippen molar-refractivity contribution in [2.24, 2.45) is 5.73 Å². The summed E-state index contributed by atoms with van der Waals surface area (Å²) >= 11 is 5.01. The Morgan fingerprint density at radius 2 is 2.39 bits per heavy atom. The van der Waals surface area contributed by atoms with E-state index in [4.69, 9.17) is 18.0 Å². The quantitative estimate of drug-likeness (QED) is 0.597. The number of rotatable bonds is 3. The SMILES string of the molecule is C=CCn1cc2c3c(cccc31)[C@H]1CC(NC(N)=S)CN[C@@H]1C2. The third kappa shape index (κ3) is 2.44. The van der Waals surface area contributed by atoms with Crippen LogP contribution in [0.25, 0.3) is 10.9 Å². The van der Waals surface area contributed by atoms with E-state index >= 15 is 0 Å². The molecule has 2 aliphatic rings. The lowest BCUT2D eigenvalue weighted by atomic mass is 9.75. The van der Waals surface area contributed by atoms with Crippen LogP contribution in [0.1, 0.15) is 23.5 Å². The fourth-order valence-electron chi connectivity index (χ4n) is 4.32. The van der Waals surface area contributed by atoms with Crippen molar-refractivity contribution in [3.63, 3.8) is 0 Å². The van der Waals surface area contributed by atoms with Gasteiger partial charge in [-0.3, -0.25) is 0 Å². The topological polar surface area (TPSA) is 55.0 Å². The molecule has 5 heteroatoms. The lowest BCUT2D eigenvalue weighted by molar-refractivity contribution is 0.303. The van der Waals surface area contributed by atoms with Crippen LogP contribution in [0.4, 0.5) is 0 Å². The Labute approximate surface area is 141 Å². The molecular formula is C18H22N4S. The standard InChI is InChI=1S/C18H22N4S/c1-2-6-22-10-11-7-15-14(8-12(9-20-15)21-18(19)23)13-4-3-5-16(22)17(11)13/h2-5,10,12,14-15,20H,1,6-9H2,(H3,19,21,23)/t12?,14-,15-/m1/s1. The molecule has 0 amide bonds. The van der Waals surface area contributed by atoms with Crippen molar-refractivity contribution in [3.05, 3.63) is 48.2 Å². The lowest BCUT2D eigenvalue weighted by Gasteiger charge is -2.40. The van der Waals surface area contributed by atoms with Crippen LogP contribution in [0.5, 0.6) is 0 Å². The first kappa shape index (κ1) is 14.7. The van der Waals surface area contributed by atoms with Crippen molar-refractivity contribution in [2.75, 3.05) is 6.54 Å². The molecule has 3 atom stereocenters. The van der Waals surface area contributed by atoms with Gasteiger partial charge in [0.25, 0.3) is 0 Å². The van der Waals surface area contributed by atoms with Gasteiger partial charge in [0.2, 0.25) is 0 Å². The summed E-state index contributed by atoms with van der Waals surface area (Å²) < 4.78 is 2.31. The number of nitrogens with two attached hydrogens (primary N) is 1. The second kappa shape index (κ2) is 5.65. The normalized spacial score (nSPS) is 25.8. The van der Waals surface area contributed by atoms with Gasteiger partial charge in [0.1, 0.15) is 0 Å². The molecule has 2 heterocycles. The molecule has 120 valence electrons. The highest BCUT2D eigenvalue weighted by molar-refractivity contribution is 7.80. The molecule has 0 saturated carbocycles. The fraction of sp³-hybridized carbons (Fsp3) is 0.389. The summed E-state index contributed by atoms with van der Waals surface area (Å²) in [5, 5.41) is 8.75. The molecule has 1 aromatic heterocycles. The average Bonchev–Trinajstić information content (AvgIpc) is 2.87. The molecule has 2 aromatic rings. The van der Waals surface area contributed by atoms with Gasteiger partial charge in [-0.25, -0.2) is 0 Å². The van der Waals surface area contributed by atoms with Crippen molar-refractivity contribution in [1.29, 1.82) is 0 Å². The molecule has 4 rings (SSSR count). The van der Waals surface area contributed by atoms with Crippen molar-refractivity contribution in [3.8, 4) is 0 Å². The predicted molar refractivity (Wildman–Crippen MR) is 98.7 cm³/mol. The summed E-state index contributed by atoms with van der Waals surface area (Å²) in [4.78, 5) is 0. The second-order valence-corrected chi connectivity index (χ2v) is 7.04. The molecular weight excluding hydrogens is 304 g/mol. The van der Waals surface area contributed by atoms with Crippen LogP contribution in [-0.4, -0.2) is 28.3 Å². The molecule has 4 nitrogen and oxygen atoms in total. The van der Waals surface area contributed by atoms with Gasteiger partial charge < -0.3 is 20.9 Å². The smallest absolute Gasteiger partial charge is 0.163 e. The highest BCUT2D eigenvalue weighted by atomic mass is 32.1. The summed E-state index contributed by atoms with van der Waals surface area (Å²) in [7, 11) is 0. The van der Waals surface area contributed by atoms with Gasteiger partial charge in [-0.2, -0.15) is 0 Å². The van der Waals surface area contributed by atoms with Gasteiger partial charge in [0.05, 0.1) is 0 Å². The minimum Gasteiger partial charge on any atom is -0.376 e. The van der Waals surface area contributed by atoms with Crippen LogP contribution < -0.4 is 16.4 Å². The number of thiocarbonyl (C=S) groups is 1. The minimum atomic E-state index is 0.306. The molecule has 1 aromatic carbocycles. The van der Waals surface area contributed by atoms with E-state index in [0.29, 0.717) is 23.1 Å². The molecule has 1 aliphatic carbocycles. The van der Waals surface area contributed by atoms with Crippen LogP contribution in [0.15, 0.2) is 37.1 Å². The first-order valence-corrected chi connectivity index (χ1v) is 8.59. The molecule has 0 radical (unpaired) electrons. The number of piperidine rings is 1. The van der Waals surface area contributed by atoms with Crippen LogP contribution in [-0.2, 0) is 13.0 Å². The summed E-state index contributed by atoms with van der Waals surface area (Å²) in [6.45, 7) is 5.65. The number of hydrogen-bond donors (Lipinski definition) is 3. The number of hydrogen-bond acceptors (Lipinski definition) is 2. The molecule has 1 saturated heterocycles. The molecule has 0 spiro atoms. The molecule has 4 N–H and O–H groups in total. The van der Waals surface area contributed by atoms with E-state index in [1.165, 1.54) is 22.0 Å². The summed E-state index contributed by atoms with van der Waals surface area (Å²) in [5.41, 5.74) is 9.89. The number of nitrogens with one attached hydrogen (secondary N) is 2. The highest BCUT2D eigenvalue weighted by Crippen LogP contribution is 2.41. The Bertz CT molecular complexity index is 779. The third-order valence-corrected chi connectivity index (χ3v) is 5.30. The molecule has 1 aliphatic heterocycles. The maximum atomic E-state index is 5.66. The van der Waals surface area contributed by atoms with Gasteiger partial charge in [0.15, 0.2) is 5.11 Å². The van der Waals surface area contributed by atoms with Gasteiger partial charge in [-0.1, -0.05) is 18.2 Å². The van der Waals surface area contributed by atoms with E-state index < -0.39 is 0 Å². The van der Waals surface area contributed by atoms with E-state index in [0.717, 1.165) is 25.9 Å². The minimum absolute atomic E-state index is 0.306. The van der Waals surface area contributed by atoms with Crippen molar-refractivity contribution >= 4 is 28.2 Å². The first-order valence-electron chi connectivity index (χ1n) is 8.18. The van der Waals surface area contributed by atoms with Crippen LogP contribution in [0, 0.1) is 0 Å². The van der Waals surface area contributed by atoms with Crippen LogP contribution >= 0.6 is 12.2 Å². The molecule has 0 bridgehead atoms. The summed E-state index contributed by atoms with van der Waals surface area (Å²) in [6, 6.07) is 7.48. The molecule has 1 fully saturated rings. The van der Waals surface area contributed by atoms with Crippen LogP contribution in [0.3, 0.4) is 0 Å². The average molecular weight is 326 g/mol. The van der Waals surface area contributed by atoms with Crippen molar-refractivity contribution in [2.45, 2.75) is 37.4 Å². The Morgan fingerprint density at radius 1 is 1.52 bits per heavy atom. The monoisotopic (exact) mass is 326 g/mol. The number of fused-ring (bicyclic) bond motifs is 2. The predicted octanol–water partition coefficient (Wildman–Crippen LogP) is 2.03. The first-order chi connectivity index (χ1) is 11.2. The van der Waals surface area contributed by atoms with E-state index in [1.54, 1.807) is 0 Å². The van der Waals surface area contributed by atoms with Gasteiger partial charge in [0, 0.05) is 48.2 Å². The lowest BCUT2D eigenvalue weighted by Crippen LogP contribution is -2.55. The number of nitrogens with zero attached hydrogens (tertiary/aromatic N) is 1. The highest BCUT2D eigenvalue weighted by Gasteiger charge is 2.36. The fourth-order valence-corrected chi connectivity index (χ4v) is 4.49. The molecule has 23 heavy (non-hydrogen) atoms. The van der Waals surface area contributed by atoms with E-state index in [2.05, 4.69) is 46.2 Å². The maximum absolute atomic E-state index is 5.66. The maximum Gasteiger partial charge on any atom is 0.163 e. The van der Waals surface area contributed by atoms with E-state index in [-0.39, 0.29) is 0 Å². The Morgan fingerprint density at radius 3 is 3.17 bits per heavy atom. The summed E-state index contributed by atoms with van der Waals surface area (Å²) in [5.74, 6) is 0.506. The van der Waals surface area contributed by atoms with Crippen LogP contribution in [0.2, 0.25) is 0 Å². The zero-order valence-corrected chi connectivity index (χ0v) is 13.9. The zero-order chi connectivity index (χ0) is 16.0. The second-order valence-electron chi connectivity index (χ2n) is 6.60. The van der Waals surface area contributed by atoms with E-state index in [9.17, 15) is 0 Å². The Balaban J connectivity index is 1.75. The largest absolute Gasteiger partial charge is 0.376 e. The Hall–Kier alpha value is -1.85. The third-order valence-electron chi connectivity index (χ3n) is 5.18. The van der Waals surface area contributed by atoms with Gasteiger partial charge in [-0.15, -0.1) is 6.58 Å². The van der Waals surface area contributed by atoms with Crippen molar-refractivity contribution < 1.29 is 0 Å². The number of benzene rings is 1. The van der Waals surface area contributed by atoms with Gasteiger partial charge in [-0.05, 0) is 42.3 Å². The van der Waals surface area contributed by atoms with Gasteiger partial charge >= 0.3 is 0 Å². The zero-order valence-electron chi connectivity index (χ0n) is 13.1.